The Bertz CT molecular complexity index is 294. The molecule has 0 N–H and O–H groups in total. The van der Waals surface area contributed by atoms with Gasteiger partial charge in [0.05, 0.1) is 7.61 Å². The van der Waals surface area contributed by atoms with E-state index in [0.29, 0.717) is 0 Å². The highest BCUT2D eigenvalue weighted by Gasteiger charge is 1.86. The van der Waals surface area contributed by atoms with E-state index >= 15 is 0 Å². The molecule has 1 aromatic carbocycles. The van der Waals surface area contributed by atoms with Crippen LogP contribution in [0.25, 0.3) is 0 Å². The fourth-order valence-electron chi connectivity index (χ4n) is 0.721. The molecule has 0 aliphatic heterocycles. The van der Waals surface area contributed by atoms with Crippen molar-refractivity contribution in [2.75, 3.05) is 0 Å². The maximum absolute atomic E-state index is 7.11. The molecule has 0 heterocycles. The van der Waals surface area contributed by atoms with E-state index in [1.54, 1.807) is 0 Å². The Hall–Kier alpha value is -0.950. The first-order valence-electron chi connectivity index (χ1n) is 4.20. The minimum atomic E-state index is -0.379. The van der Waals surface area contributed by atoms with Crippen LogP contribution in [0.4, 0.5) is 0 Å². The maximum Gasteiger partial charge on any atom is 0.112 e. The van der Waals surface area contributed by atoms with E-state index in [0.717, 1.165) is 5.56 Å². The highest BCUT2D eigenvalue weighted by atomic mass is 35.5. The predicted molar refractivity (Wildman–Crippen MR) is 46.2 cm³/mol. The van der Waals surface area contributed by atoms with E-state index in [1.807, 2.05) is 30.3 Å². The second-order valence-electron chi connectivity index (χ2n) is 1.97. The highest BCUT2D eigenvalue weighted by Crippen LogP contribution is 2.00. The summed E-state index contributed by atoms with van der Waals surface area (Å²) in [7, 11) is 0. The molecule has 0 bridgehead atoms. The molecule has 0 unspecified atom stereocenters. The quantitative estimate of drug-likeness (QED) is 0.634. The minimum Gasteiger partial charge on any atom is -0.496 e. The Morgan fingerprint density at radius 2 is 2.18 bits per heavy atom. The Kier molecular flexibility index (Phi) is 2.48. The van der Waals surface area contributed by atoms with Crippen LogP contribution in [-0.2, 0) is 11.3 Å². The summed E-state index contributed by atoms with van der Waals surface area (Å²) in [6.07, 6.45) is -0.300. The second-order valence-corrected chi connectivity index (χ2v) is 2.16. The molecule has 0 fully saturated rings. The fourth-order valence-corrected chi connectivity index (χ4v) is 0.775. The number of benzene rings is 1. The molecule has 0 amide bonds. The van der Waals surface area contributed by atoms with Gasteiger partial charge in [-0.15, -0.1) is 0 Å². The van der Waals surface area contributed by atoms with Crippen LogP contribution in [0, 0.1) is 0 Å². The lowest BCUT2D eigenvalue weighted by Gasteiger charge is -1.98. The lowest BCUT2D eigenvalue weighted by atomic mass is 10.2. The standard InChI is InChI=1S/C9H9ClO/c10-6-7-11-8-9-4-2-1-3-5-9/h1-7H,8H2/b7-6-/i6D,7D. The molecule has 0 radical (unpaired) electrons. The van der Waals surface area contributed by atoms with Gasteiger partial charge in [-0.3, -0.25) is 0 Å². The SMILES string of the molecule is [2H]/C(Cl)=C(\[2H])OCc1ccccc1. The van der Waals surface area contributed by atoms with Gasteiger partial charge < -0.3 is 4.74 Å². The van der Waals surface area contributed by atoms with Gasteiger partial charge in [-0.1, -0.05) is 41.9 Å². The van der Waals surface area contributed by atoms with Crippen LogP contribution in [0.5, 0.6) is 0 Å². The summed E-state index contributed by atoms with van der Waals surface area (Å²) in [5, 5.41) is 0. The first kappa shape index (κ1) is 5.67. The summed E-state index contributed by atoms with van der Waals surface area (Å²) in [6, 6.07) is 9.43. The maximum atomic E-state index is 7.11. The Morgan fingerprint density at radius 1 is 1.45 bits per heavy atom. The van der Waals surface area contributed by atoms with E-state index in [9.17, 15) is 0 Å². The van der Waals surface area contributed by atoms with E-state index in [-0.39, 0.29) is 18.4 Å². The summed E-state index contributed by atoms with van der Waals surface area (Å²) < 4.78 is 18.9. The molecule has 0 aromatic heterocycles. The molecule has 0 saturated carbocycles. The van der Waals surface area contributed by atoms with Crippen LogP contribution in [0.1, 0.15) is 8.30 Å². The van der Waals surface area contributed by atoms with E-state index in [4.69, 9.17) is 19.1 Å². The smallest absolute Gasteiger partial charge is 0.112 e. The van der Waals surface area contributed by atoms with Crippen molar-refractivity contribution in [2.24, 2.45) is 0 Å². The first-order valence-corrected chi connectivity index (χ1v) is 3.57. The lowest BCUT2D eigenvalue weighted by Crippen LogP contribution is -1.83. The second kappa shape index (κ2) is 4.80. The first-order chi connectivity index (χ1) is 6.20. The van der Waals surface area contributed by atoms with Crippen molar-refractivity contribution in [3.63, 3.8) is 0 Å². The van der Waals surface area contributed by atoms with Crippen molar-refractivity contribution in [3.05, 3.63) is 47.6 Å². The molecule has 11 heavy (non-hydrogen) atoms. The lowest BCUT2D eigenvalue weighted by molar-refractivity contribution is 0.237. The van der Waals surface area contributed by atoms with Gasteiger partial charge in [-0.05, 0) is 5.56 Å². The third-order valence-electron chi connectivity index (χ3n) is 1.19. The largest absolute Gasteiger partial charge is 0.496 e. The van der Waals surface area contributed by atoms with Crippen molar-refractivity contribution >= 4 is 11.6 Å². The van der Waals surface area contributed by atoms with Gasteiger partial charge in [0.15, 0.2) is 0 Å². The summed E-state index contributed by atoms with van der Waals surface area (Å²) in [5.41, 5.74) is 0.570. The van der Waals surface area contributed by atoms with Crippen LogP contribution in [0.2, 0.25) is 0 Å². The molecular weight excluding hydrogens is 160 g/mol. The summed E-state index contributed by atoms with van der Waals surface area (Å²) in [5.74, 6) is 0. The van der Waals surface area contributed by atoms with Crippen LogP contribution in [0.3, 0.4) is 0 Å². The number of ether oxygens (including phenoxy) is 1. The number of rotatable bonds is 3. The van der Waals surface area contributed by atoms with Gasteiger partial charge in [0.25, 0.3) is 0 Å². The molecule has 1 aromatic rings. The summed E-state index contributed by atoms with van der Waals surface area (Å²) >= 11 is 5.23. The third-order valence-corrected chi connectivity index (χ3v) is 1.27. The van der Waals surface area contributed by atoms with Crippen LogP contribution < -0.4 is 0 Å². The van der Waals surface area contributed by atoms with Gasteiger partial charge >= 0.3 is 0 Å². The molecule has 0 atom stereocenters. The fraction of sp³-hybridized carbons (Fsp3) is 0.111. The van der Waals surface area contributed by atoms with Gasteiger partial charge in [0, 0.05) is 5.51 Å². The molecular formula is C9H9ClO. The van der Waals surface area contributed by atoms with E-state index in [1.165, 1.54) is 0 Å². The molecule has 58 valence electrons. The number of hydrogen-bond acceptors (Lipinski definition) is 1. The van der Waals surface area contributed by atoms with Crippen molar-refractivity contribution in [1.29, 1.82) is 0 Å². The monoisotopic (exact) mass is 170 g/mol. The molecule has 0 saturated heterocycles. The zero-order chi connectivity index (χ0) is 9.68. The molecule has 0 aliphatic rings. The van der Waals surface area contributed by atoms with Gasteiger partial charge in [-0.25, -0.2) is 0 Å². The zero-order valence-electron chi connectivity index (χ0n) is 7.88. The van der Waals surface area contributed by atoms with Gasteiger partial charge in [-0.2, -0.15) is 0 Å². The zero-order valence-corrected chi connectivity index (χ0v) is 6.64. The average molecular weight is 171 g/mol. The predicted octanol–water partition coefficient (Wildman–Crippen LogP) is 2.91. The van der Waals surface area contributed by atoms with Gasteiger partial charge in [0.2, 0.25) is 0 Å². The van der Waals surface area contributed by atoms with Crippen molar-refractivity contribution in [2.45, 2.75) is 6.61 Å². The van der Waals surface area contributed by atoms with E-state index in [2.05, 4.69) is 0 Å². The Morgan fingerprint density at radius 3 is 2.82 bits per heavy atom. The third kappa shape index (κ3) is 3.10. The molecule has 0 spiro atoms. The molecule has 2 heteroatoms. The van der Waals surface area contributed by atoms with Gasteiger partial charge in [0.1, 0.15) is 7.98 Å². The van der Waals surface area contributed by atoms with Crippen molar-refractivity contribution in [1.82, 2.24) is 0 Å². The van der Waals surface area contributed by atoms with Crippen molar-refractivity contribution in [3.8, 4) is 0 Å². The summed E-state index contributed by atoms with van der Waals surface area (Å²) in [6.45, 7) is 0.273. The Balaban J connectivity index is 2.49. The normalized spacial score (nSPS) is 14.6. The highest BCUT2D eigenvalue weighted by molar-refractivity contribution is 6.25. The Labute approximate surface area is 74.1 Å². The average Bonchev–Trinajstić information content (AvgIpc) is 2.15. The van der Waals surface area contributed by atoms with Crippen LogP contribution >= 0.6 is 11.6 Å². The molecule has 1 rings (SSSR count). The minimum absolute atomic E-state index is 0.273. The summed E-state index contributed by atoms with van der Waals surface area (Å²) in [4.78, 5) is 0. The molecule has 0 aliphatic carbocycles. The number of hydrogen-bond donors (Lipinski definition) is 0. The van der Waals surface area contributed by atoms with Crippen LogP contribution in [-0.4, -0.2) is 0 Å². The topological polar surface area (TPSA) is 9.23 Å². The van der Waals surface area contributed by atoms with Crippen molar-refractivity contribution < 1.29 is 7.48 Å². The van der Waals surface area contributed by atoms with Crippen LogP contribution in [0.15, 0.2) is 42.1 Å². The van der Waals surface area contributed by atoms with E-state index < -0.39 is 0 Å². The number of halogens is 1. The molecule has 1 nitrogen and oxygen atoms in total.